The minimum Gasteiger partial charge on any atom is -0.452 e. The molecule has 4 nitrogen and oxygen atoms in total. The van der Waals surface area contributed by atoms with E-state index in [0.29, 0.717) is 21.2 Å². The molecule has 0 saturated heterocycles. The molecule has 158 valence electrons. The topological polar surface area (TPSA) is 55.4 Å². The van der Waals surface area contributed by atoms with Gasteiger partial charge >= 0.3 is 5.97 Å². The summed E-state index contributed by atoms with van der Waals surface area (Å²) in [7, 11) is -3.32. The number of hydrogen-bond acceptors (Lipinski definition) is 3. The van der Waals surface area contributed by atoms with Gasteiger partial charge in [0.25, 0.3) is 0 Å². The van der Waals surface area contributed by atoms with Gasteiger partial charge in [0.15, 0.2) is 0 Å². The molecule has 2 atom stereocenters. The molecular weight excluding hydrogens is 429 g/mol. The van der Waals surface area contributed by atoms with Crippen LogP contribution in [-0.2, 0) is 19.6 Å². The third-order valence-corrected chi connectivity index (χ3v) is 8.68. The van der Waals surface area contributed by atoms with Crippen LogP contribution in [0, 0.1) is 0 Å². The van der Waals surface area contributed by atoms with Crippen LogP contribution < -0.4 is 15.7 Å². The molecule has 0 saturated carbocycles. The first-order chi connectivity index (χ1) is 14.8. The predicted molar refractivity (Wildman–Crippen MR) is 125 cm³/mol. The molecule has 3 aromatic carbocycles. The van der Waals surface area contributed by atoms with Gasteiger partial charge in [-0.3, -0.25) is 4.57 Å². The number of carbonyl (C=O) groups is 1. The smallest absolute Gasteiger partial charge is 0.334 e. The van der Waals surface area contributed by atoms with Gasteiger partial charge in [-0.05, 0) is 61.9 Å². The Balaban J connectivity index is 1.89. The molecule has 0 amide bonds. The normalized spacial score (nSPS) is 18.2. The molecule has 1 N–H and O–H groups in total. The average molecular weight is 452 g/mol. The fourth-order valence-corrected chi connectivity index (χ4v) is 6.57. The van der Waals surface area contributed by atoms with Crippen LogP contribution in [0.1, 0.15) is 19.4 Å². The van der Waals surface area contributed by atoms with Crippen LogP contribution in [-0.4, -0.2) is 12.1 Å². The van der Waals surface area contributed by atoms with Crippen molar-refractivity contribution in [1.82, 2.24) is 5.09 Å². The number of halogens is 1. The number of ether oxygens (including phenoxy) is 1. The summed E-state index contributed by atoms with van der Waals surface area (Å²) < 4.78 is 20.4. The van der Waals surface area contributed by atoms with E-state index in [9.17, 15) is 9.36 Å². The summed E-state index contributed by atoms with van der Waals surface area (Å²) >= 11 is 6.12. The molecule has 0 aliphatic carbocycles. The fraction of sp³-hybridized carbons (Fsp3) is 0.160. The Morgan fingerprint density at radius 3 is 1.87 bits per heavy atom. The van der Waals surface area contributed by atoms with Gasteiger partial charge < -0.3 is 4.74 Å². The van der Waals surface area contributed by atoms with E-state index in [-0.39, 0.29) is 5.97 Å². The van der Waals surface area contributed by atoms with Gasteiger partial charge in [0.2, 0.25) is 7.29 Å². The predicted octanol–water partition coefficient (Wildman–Crippen LogP) is 4.95. The number of esters is 1. The summed E-state index contributed by atoms with van der Waals surface area (Å²) in [5, 5.41) is 5.39. The second-order valence-electron chi connectivity index (χ2n) is 7.78. The van der Waals surface area contributed by atoms with Gasteiger partial charge in [-0.1, -0.05) is 60.1 Å². The summed E-state index contributed by atoms with van der Waals surface area (Å²) in [5.41, 5.74) is 0.369. The summed E-state index contributed by atoms with van der Waals surface area (Å²) in [4.78, 5) is 12.2. The largest absolute Gasteiger partial charge is 0.452 e. The van der Waals surface area contributed by atoms with Gasteiger partial charge in [0.1, 0.15) is 6.10 Å². The lowest BCUT2D eigenvalue weighted by atomic mass is 9.87. The molecule has 1 aliphatic rings. The number of carbonyl (C=O) groups excluding carboxylic acids is 1. The van der Waals surface area contributed by atoms with Crippen molar-refractivity contribution >= 4 is 35.5 Å². The monoisotopic (exact) mass is 451 g/mol. The molecule has 0 spiro atoms. The summed E-state index contributed by atoms with van der Waals surface area (Å²) in [6.45, 7) is 3.63. The molecule has 0 radical (unpaired) electrons. The Morgan fingerprint density at radius 1 is 0.903 bits per heavy atom. The van der Waals surface area contributed by atoms with Crippen molar-refractivity contribution in [3.63, 3.8) is 0 Å². The van der Waals surface area contributed by atoms with Crippen LogP contribution in [0.15, 0.2) is 96.6 Å². The molecule has 0 aromatic heterocycles. The van der Waals surface area contributed by atoms with E-state index in [1.54, 1.807) is 25.1 Å². The summed E-state index contributed by atoms with van der Waals surface area (Å²) in [5.74, 6) is -0.374. The second kappa shape index (κ2) is 8.47. The first-order valence-electron chi connectivity index (χ1n) is 9.99. The van der Waals surface area contributed by atoms with Crippen molar-refractivity contribution in [2.45, 2.75) is 25.5 Å². The van der Waals surface area contributed by atoms with E-state index < -0.39 is 18.9 Å². The Bertz CT molecular complexity index is 1120. The van der Waals surface area contributed by atoms with Gasteiger partial charge in [0, 0.05) is 21.2 Å². The Labute approximate surface area is 187 Å². The standard InChI is InChI=1S/C25H23ClNO3P/c1-18-17-23(30-24(18)28)25(2,19-13-15-20(26)16-14-19)27-31(29,21-9-5-3-6-10-21)22-11-7-4-8-12-22/h3-17,23H,1-2H3,(H,27,29)/t23-,25+/m1/s1. The maximum atomic E-state index is 14.7. The van der Waals surface area contributed by atoms with E-state index in [1.807, 2.05) is 79.7 Å². The van der Waals surface area contributed by atoms with Crippen molar-refractivity contribution in [3.8, 4) is 0 Å². The first-order valence-corrected chi connectivity index (χ1v) is 12.1. The third-order valence-electron chi connectivity index (χ3n) is 5.60. The molecular formula is C25H23ClNO3P. The van der Waals surface area contributed by atoms with E-state index in [2.05, 4.69) is 5.09 Å². The minimum absolute atomic E-state index is 0.374. The van der Waals surface area contributed by atoms with Crippen LogP contribution in [0.3, 0.4) is 0 Å². The van der Waals surface area contributed by atoms with Crippen molar-refractivity contribution in [3.05, 3.63) is 107 Å². The maximum absolute atomic E-state index is 14.7. The summed E-state index contributed by atoms with van der Waals surface area (Å²) in [6.07, 6.45) is 1.14. The molecule has 31 heavy (non-hydrogen) atoms. The molecule has 1 aliphatic heterocycles. The number of nitrogens with one attached hydrogen (secondary N) is 1. The molecule has 0 bridgehead atoms. The number of benzene rings is 3. The Kier molecular flexibility index (Phi) is 5.90. The van der Waals surface area contributed by atoms with Gasteiger partial charge in [-0.15, -0.1) is 0 Å². The zero-order valence-electron chi connectivity index (χ0n) is 17.3. The number of cyclic esters (lactones) is 1. The van der Waals surface area contributed by atoms with Crippen LogP contribution in [0.5, 0.6) is 0 Å². The molecule has 4 rings (SSSR count). The van der Waals surface area contributed by atoms with Crippen molar-refractivity contribution < 1.29 is 14.1 Å². The highest BCUT2D eigenvalue weighted by Crippen LogP contribution is 2.46. The lowest BCUT2D eigenvalue weighted by Crippen LogP contribution is -2.50. The zero-order valence-corrected chi connectivity index (χ0v) is 18.9. The fourth-order valence-electron chi connectivity index (χ4n) is 3.79. The van der Waals surface area contributed by atoms with Gasteiger partial charge in [-0.25, -0.2) is 9.88 Å². The SMILES string of the molecule is CC1=C[C@H]([C@@](C)(NP(=O)(c2ccccc2)c2ccccc2)c2ccc(Cl)cc2)OC1=O. The van der Waals surface area contributed by atoms with Crippen LogP contribution >= 0.6 is 18.9 Å². The molecule has 6 heteroatoms. The van der Waals surface area contributed by atoms with E-state index in [4.69, 9.17) is 16.3 Å². The lowest BCUT2D eigenvalue weighted by molar-refractivity contribution is -0.142. The van der Waals surface area contributed by atoms with E-state index >= 15 is 0 Å². The first kappa shape index (κ1) is 21.6. The number of rotatable bonds is 6. The maximum Gasteiger partial charge on any atom is 0.334 e. The molecule has 0 unspecified atom stereocenters. The van der Waals surface area contributed by atoms with Crippen LogP contribution in [0.2, 0.25) is 5.02 Å². The zero-order chi connectivity index (χ0) is 22.1. The molecule has 3 aromatic rings. The molecule has 0 fully saturated rings. The average Bonchev–Trinajstić information content (AvgIpc) is 3.14. The summed E-state index contributed by atoms with van der Waals surface area (Å²) in [6, 6.07) is 25.9. The Morgan fingerprint density at radius 2 is 1.42 bits per heavy atom. The lowest BCUT2D eigenvalue weighted by Gasteiger charge is -2.39. The van der Waals surface area contributed by atoms with Gasteiger partial charge in [0.05, 0.1) is 5.54 Å². The van der Waals surface area contributed by atoms with Crippen LogP contribution in [0.4, 0.5) is 0 Å². The third kappa shape index (κ3) is 4.12. The highest BCUT2D eigenvalue weighted by atomic mass is 35.5. The Hall–Kier alpha value is -2.65. The van der Waals surface area contributed by atoms with Crippen molar-refractivity contribution in [2.75, 3.05) is 0 Å². The number of hydrogen-bond donors (Lipinski definition) is 1. The van der Waals surface area contributed by atoms with Crippen LogP contribution in [0.25, 0.3) is 0 Å². The molecule has 1 heterocycles. The quantitative estimate of drug-likeness (QED) is 0.426. The highest BCUT2D eigenvalue weighted by molar-refractivity contribution is 7.77. The van der Waals surface area contributed by atoms with Crippen molar-refractivity contribution in [2.24, 2.45) is 0 Å². The van der Waals surface area contributed by atoms with E-state index in [1.165, 1.54) is 0 Å². The highest BCUT2D eigenvalue weighted by Gasteiger charge is 2.46. The van der Waals surface area contributed by atoms with Crippen molar-refractivity contribution in [1.29, 1.82) is 0 Å². The second-order valence-corrected chi connectivity index (χ2v) is 10.7. The van der Waals surface area contributed by atoms with Gasteiger partial charge in [-0.2, -0.15) is 0 Å². The minimum atomic E-state index is -3.32. The van der Waals surface area contributed by atoms with E-state index in [0.717, 1.165) is 5.56 Å².